The van der Waals surface area contributed by atoms with Gasteiger partial charge < -0.3 is 0 Å². The molecule has 1 aromatic rings. The zero-order valence-electron chi connectivity index (χ0n) is 8.72. The number of benzene rings is 1. The SMILES string of the molecule is C#CCCC1CCc2c(C)cccc21. The summed E-state index contributed by atoms with van der Waals surface area (Å²) in [6, 6.07) is 6.65. The van der Waals surface area contributed by atoms with E-state index in [0.29, 0.717) is 0 Å². The molecule has 0 aromatic heterocycles. The summed E-state index contributed by atoms with van der Waals surface area (Å²) in [6.07, 6.45) is 9.92. The highest BCUT2D eigenvalue weighted by Crippen LogP contribution is 2.37. The van der Waals surface area contributed by atoms with Crippen molar-refractivity contribution in [1.82, 2.24) is 0 Å². The predicted molar refractivity (Wildman–Crippen MR) is 60.3 cm³/mol. The summed E-state index contributed by atoms with van der Waals surface area (Å²) in [6.45, 7) is 2.21. The number of hydrogen-bond donors (Lipinski definition) is 0. The summed E-state index contributed by atoms with van der Waals surface area (Å²) in [7, 11) is 0. The summed E-state index contributed by atoms with van der Waals surface area (Å²) in [5.41, 5.74) is 4.58. The summed E-state index contributed by atoms with van der Waals surface area (Å²) < 4.78 is 0. The van der Waals surface area contributed by atoms with Gasteiger partial charge in [-0.3, -0.25) is 0 Å². The van der Waals surface area contributed by atoms with Crippen molar-refractivity contribution < 1.29 is 0 Å². The van der Waals surface area contributed by atoms with Crippen LogP contribution in [0.15, 0.2) is 18.2 Å². The van der Waals surface area contributed by atoms with Gasteiger partial charge in [0.05, 0.1) is 0 Å². The van der Waals surface area contributed by atoms with Crippen LogP contribution >= 0.6 is 0 Å². The Labute approximate surface area is 86.3 Å². The van der Waals surface area contributed by atoms with E-state index in [0.717, 1.165) is 18.8 Å². The molecular weight excluding hydrogens is 168 g/mol. The highest BCUT2D eigenvalue weighted by molar-refractivity contribution is 5.40. The van der Waals surface area contributed by atoms with Crippen LogP contribution in [-0.2, 0) is 6.42 Å². The number of terminal acetylenes is 1. The van der Waals surface area contributed by atoms with Crippen molar-refractivity contribution in [3.05, 3.63) is 34.9 Å². The summed E-state index contributed by atoms with van der Waals surface area (Å²) in [5.74, 6) is 3.46. The second-order valence-electron chi connectivity index (χ2n) is 4.12. The first-order valence-corrected chi connectivity index (χ1v) is 5.34. The first kappa shape index (κ1) is 9.34. The van der Waals surface area contributed by atoms with E-state index in [1.165, 1.54) is 18.4 Å². The molecule has 0 heteroatoms. The Morgan fingerprint density at radius 3 is 3.14 bits per heavy atom. The Morgan fingerprint density at radius 1 is 1.50 bits per heavy atom. The van der Waals surface area contributed by atoms with E-state index in [1.807, 2.05) is 0 Å². The second-order valence-corrected chi connectivity index (χ2v) is 4.12. The molecule has 0 N–H and O–H groups in total. The van der Waals surface area contributed by atoms with Crippen molar-refractivity contribution in [3.63, 3.8) is 0 Å². The Morgan fingerprint density at radius 2 is 2.36 bits per heavy atom. The number of hydrogen-bond acceptors (Lipinski definition) is 0. The van der Waals surface area contributed by atoms with Gasteiger partial charge >= 0.3 is 0 Å². The second kappa shape index (κ2) is 3.88. The zero-order chi connectivity index (χ0) is 9.97. The van der Waals surface area contributed by atoms with Crippen LogP contribution in [0, 0.1) is 19.3 Å². The fraction of sp³-hybridized carbons (Fsp3) is 0.429. The molecule has 1 atom stereocenters. The minimum absolute atomic E-state index is 0.723. The summed E-state index contributed by atoms with van der Waals surface area (Å²) in [5, 5.41) is 0. The molecule has 0 amide bonds. The molecule has 72 valence electrons. The maximum absolute atomic E-state index is 5.31. The van der Waals surface area contributed by atoms with Crippen LogP contribution in [0.2, 0.25) is 0 Å². The third kappa shape index (κ3) is 1.55. The van der Waals surface area contributed by atoms with Gasteiger partial charge in [0.2, 0.25) is 0 Å². The largest absolute Gasteiger partial charge is 0.120 e. The Balaban J connectivity index is 2.23. The predicted octanol–water partition coefficient (Wildman–Crippen LogP) is 3.44. The summed E-state index contributed by atoms with van der Waals surface area (Å²) in [4.78, 5) is 0. The minimum Gasteiger partial charge on any atom is -0.120 e. The molecule has 14 heavy (non-hydrogen) atoms. The molecule has 0 spiro atoms. The maximum atomic E-state index is 5.31. The Kier molecular flexibility index (Phi) is 2.59. The molecule has 0 fully saturated rings. The molecule has 0 radical (unpaired) electrons. The lowest BCUT2D eigenvalue weighted by atomic mass is 9.95. The minimum atomic E-state index is 0.723. The van der Waals surface area contributed by atoms with Crippen molar-refractivity contribution in [1.29, 1.82) is 0 Å². The molecule has 0 nitrogen and oxygen atoms in total. The number of aryl methyl sites for hydroxylation is 1. The summed E-state index contributed by atoms with van der Waals surface area (Å²) >= 11 is 0. The van der Waals surface area contributed by atoms with E-state index < -0.39 is 0 Å². The van der Waals surface area contributed by atoms with Crippen LogP contribution in [0.4, 0.5) is 0 Å². The van der Waals surface area contributed by atoms with Crippen LogP contribution in [0.1, 0.15) is 41.9 Å². The highest BCUT2D eigenvalue weighted by Gasteiger charge is 2.22. The molecule has 2 rings (SSSR count). The molecule has 0 aliphatic heterocycles. The number of rotatable bonds is 2. The van der Waals surface area contributed by atoms with Gasteiger partial charge in [0.1, 0.15) is 0 Å². The molecule has 1 aliphatic rings. The normalized spacial score (nSPS) is 19.0. The van der Waals surface area contributed by atoms with Crippen LogP contribution in [-0.4, -0.2) is 0 Å². The van der Waals surface area contributed by atoms with Gasteiger partial charge in [-0.15, -0.1) is 12.3 Å². The molecule has 0 saturated carbocycles. The van der Waals surface area contributed by atoms with E-state index in [-0.39, 0.29) is 0 Å². The topological polar surface area (TPSA) is 0 Å². The molecule has 1 aromatic carbocycles. The van der Waals surface area contributed by atoms with Crippen LogP contribution in [0.5, 0.6) is 0 Å². The third-order valence-corrected chi connectivity index (χ3v) is 3.27. The van der Waals surface area contributed by atoms with Crippen molar-refractivity contribution in [2.24, 2.45) is 0 Å². The molecule has 1 aliphatic carbocycles. The lowest BCUT2D eigenvalue weighted by molar-refractivity contribution is 0.632. The lowest BCUT2D eigenvalue weighted by Crippen LogP contribution is -1.93. The molecule has 0 bridgehead atoms. The third-order valence-electron chi connectivity index (χ3n) is 3.27. The fourth-order valence-corrected chi connectivity index (χ4v) is 2.48. The van der Waals surface area contributed by atoms with Gasteiger partial charge in [-0.25, -0.2) is 0 Å². The van der Waals surface area contributed by atoms with Gasteiger partial charge in [0, 0.05) is 6.42 Å². The Bertz CT molecular complexity index is 368. The van der Waals surface area contributed by atoms with E-state index >= 15 is 0 Å². The van der Waals surface area contributed by atoms with Gasteiger partial charge in [-0.05, 0) is 48.8 Å². The monoisotopic (exact) mass is 184 g/mol. The first-order chi connectivity index (χ1) is 6.83. The molecule has 0 heterocycles. The van der Waals surface area contributed by atoms with Crippen LogP contribution in [0.3, 0.4) is 0 Å². The molecule has 1 unspecified atom stereocenters. The van der Waals surface area contributed by atoms with Gasteiger partial charge in [-0.1, -0.05) is 18.2 Å². The zero-order valence-corrected chi connectivity index (χ0v) is 8.72. The molecular formula is C14H16. The first-order valence-electron chi connectivity index (χ1n) is 5.34. The van der Waals surface area contributed by atoms with E-state index in [4.69, 9.17) is 6.42 Å². The lowest BCUT2D eigenvalue weighted by Gasteiger charge is -2.09. The highest BCUT2D eigenvalue weighted by atomic mass is 14.3. The van der Waals surface area contributed by atoms with Crippen molar-refractivity contribution in [3.8, 4) is 12.3 Å². The Hall–Kier alpha value is -1.22. The average Bonchev–Trinajstić information content (AvgIpc) is 2.60. The van der Waals surface area contributed by atoms with Gasteiger partial charge in [-0.2, -0.15) is 0 Å². The van der Waals surface area contributed by atoms with Crippen molar-refractivity contribution in [2.45, 2.75) is 38.5 Å². The fourth-order valence-electron chi connectivity index (χ4n) is 2.48. The molecule has 0 saturated heterocycles. The van der Waals surface area contributed by atoms with Crippen LogP contribution < -0.4 is 0 Å². The van der Waals surface area contributed by atoms with Crippen LogP contribution in [0.25, 0.3) is 0 Å². The van der Waals surface area contributed by atoms with Gasteiger partial charge in [0.25, 0.3) is 0 Å². The van der Waals surface area contributed by atoms with E-state index in [1.54, 1.807) is 11.1 Å². The standard InChI is InChI=1S/C14H16/c1-3-4-7-12-9-10-13-11(2)6-5-8-14(12)13/h1,5-6,8,12H,4,7,9-10H2,2H3. The van der Waals surface area contributed by atoms with Crippen molar-refractivity contribution in [2.75, 3.05) is 0 Å². The number of fused-ring (bicyclic) bond motifs is 1. The van der Waals surface area contributed by atoms with E-state index in [2.05, 4.69) is 31.0 Å². The van der Waals surface area contributed by atoms with Crippen molar-refractivity contribution >= 4 is 0 Å². The van der Waals surface area contributed by atoms with Gasteiger partial charge in [0.15, 0.2) is 0 Å². The smallest absolute Gasteiger partial charge is 0.00918 e. The van der Waals surface area contributed by atoms with E-state index in [9.17, 15) is 0 Å². The quantitative estimate of drug-likeness (QED) is 0.618. The average molecular weight is 184 g/mol. The maximum Gasteiger partial charge on any atom is 0.00918 e.